The minimum absolute atomic E-state index is 0.0590. The number of aliphatic hydroxyl groups is 2. The highest BCUT2D eigenvalue weighted by Crippen LogP contribution is 2.12. The molecule has 0 atom stereocenters. The Balaban J connectivity index is 2.69. The van der Waals surface area contributed by atoms with Crippen molar-refractivity contribution in [1.29, 1.82) is 0 Å². The van der Waals surface area contributed by atoms with Crippen LogP contribution in [0.5, 0.6) is 0 Å². The molecule has 0 radical (unpaired) electrons. The summed E-state index contributed by atoms with van der Waals surface area (Å²) in [6.45, 7) is 7.43. The van der Waals surface area contributed by atoms with Gasteiger partial charge in [-0.1, -0.05) is 0 Å². The lowest BCUT2D eigenvalue weighted by Crippen LogP contribution is -2.35. The molecule has 0 bridgehead atoms. The van der Waals surface area contributed by atoms with E-state index in [1.54, 1.807) is 0 Å². The van der Waals surface area contributed by atoms with Gasteiger partial charge < -0.3 is 15.5 Å². The van der Waals surface area contributed by atoms with Crippen LogP contribution in [0.15, 0.2) is 0 Å². The lowest BCUT2D eigenvalue weighted by molar-refractivity contribution is 0.170. The third kappa shape index (κ3) is 2.81. The zero-order valence-electron chi connectivity index (χ0n) is 10.2. The molecule has 1 aromatic rings. The second kappa shape index (κ2) is 5.98. The molecule has 0 spiro atoms. The van der Waals surface area contributed by atoms with Crippen LogP contribution < -0.4 is 5.32 Å². The van der Waals surface area contributed by atoms with Crippen molar-refractivity contribution in [2.75, 3.05) is 13.2 Å². The van der Waals surface area contributed by atoms with Crippen LogP contribution >= 0.6 is 0 Å². The zero-order valence-corrected chi connectivity index (χ0v) is 10.2. The topological polar surface area (TPSA) is 70.3 Å². The van der Waals surface area contributed by atoms with Gasteiger partial charge in [-0.25, -0.2) is 0 Å². The Bertz CT molecular complexity index is 332. The van der Waals surface area contributed by atoms with E-state index in [1.165, 1.54) is 0 Å². The third-order valence-corrected chi connectivity index (χ3v) is 2.84. The van der Waals surface area contributed by atoms with E-state index < -0.39 is 0 Å². The van der Waals surface area contributed by atoms with Gasteiger partial charge in [0.2, 0.25) is 0 Å². The maximum absolute atomic E-state index is 8.95. The van der Waals surface area contributed by atoms with Gasteiger partial charge in [0, 0.05) is 24.3 Å². The number of aliphatic hydroxyl groups excluding tert-OH is 2. The average Bonchev–Trinajstić information content (AvgIpc) is 2.56. The smallest absolute Gasteiger partial charge is 0.0641 e. The molecule has 5 nitrogen and oxygen atoms in total. The Kier molecular flexibility index (Phi) is 4.92. The van der Waals surface area contributed by atoms with Gasteiger partial charge in [-0.2, -0.15) is 5.10 Å². The number of aromatic nitrogens is 2. The van der Waals surface area contributed by atoms with Crippen molar-refractivity contribution < 1.29 is 10.2 Å². The van der Waals surface area contributed by atoms with Gasteiger partial charge in [0.15, 0.2) is 0 Å². The van der Waals surface area contributed by atoms with Crippen molar-refractivity contribution in [1.82, 2.24) is 15.1 Å². The van der Waals surface area contributed by atoms with E-state index in [9.17, 15) is 0 Å². The highest BCUT2D eigenvalue weighted by molar-refractivity contribution is 5.24. The molecule has 0 aliphatic rings. The van der Waals surface area contributed by atoms with Gasteiger partial charge in [0.25, 0.3) is 0 Å². The fourth-order valence-electron chi connectivity index (χ4n) is 1.73. The summed E-state index contributed by atoms with van der Waals surface area (Å²) in [6, 6.07) is -0.260. The molecule has 0 aromatic carbocycles. The fourth-order valence-corrected chi connectivity index (χ4v) is 1.73. The monoisotopic (exact) mass is 227 g/mol. The van der Waals surface area contributed by atoms with Gasteiger partial charge in [-0.15, -0.1) is 0 Å². The third-order valence-electron chi connectivity index (χ3n) is 2.84. The first-order valence-corrected chi connectivity index (χ1v) is 5.62. The van der Waals surface area contributed by atoms with E-state index in [0.717, 1.165) is 23.5 Å². The Morgan fingerprint density at radius 3 is 2.38 bits per heavy atom. The fraction of sp³-hybridized carbons (Fsp3) is 0.727. The van der Waals surface area contributed by atoms with Crippen molar-refractivity contribution in [3.05, 3.63) is 17.0 Å². The SMILES string of the molecule is CCn1nc(C)c(CNC(CO)CO)c1C. The van der Waals surface area contributed by atoms with Crippen molar-refractivity contribution in [3.8, 4) is 0 Å². The van der Waals surface area contributed by atoms with E-state index in [4.69, 9.17) is 10.2 Å². The normalized spacial score (nSPS) is 11.4. The molecule has 0 fully saturated rings. The van der Waals surface area contributed by atoms with Crippen LogP contribution in [-0.4, -0.2) is 39.2 Å². The van der Waals surface area contributed by atoms with Crippen LogP contribution in [0.3, 0.4) is 0 Å². The molecule has 1 aromatic heterocycles. The summed E-state index contributed by atoms with van der Waals surface area (Å²) < 4.78 is 1.96. The van der Waals surface area contributed by atoms with Gasteiger partial charge in [0.1, 0.15) is 0 Å². The van der Waals surface area contributed by atoms with Crippen molar-refractivity contribution in [2.24, 2.45) is 0 Å². The van der Waals surface area contributed by atoms with E-state index in [0.29, 0.717) is 6.54 Å². The molecule has 1 heterocycles. The standard InChI is InChI=1S/C11H21N3O2/c1-4-14-9(3)11(8(2)13-14)5-12-10(6-15)7-16/h10,12,15-16H,4-7H2,1-3H3. The number of aryl methyl sites for hydroxylation is 2. The van der Waals surface area contributed by atoms with Crippen molar-refractivity contribution >= 4 is 0 Å². The van der Waals surface area contributed by atoms with E-state index in [-0.39, 0.29) is 19.3 Å². The van der Waals surface area contributed by atoms with Crippen LogP contribution in [-0.2, 0) is 13.1 Å². The molecule has 1 rings (SSSR count). The van der Waals surface area contributed by atoms with Gasteiger partial charge in [-0.05, 0) is 20.8 Å². The largest absolute Gasteiger partial charge is 0.395 e. The van der Waals surface area contributed by atoms with Crippen LogP contribution in [0.25, 0.3) is 0 Å². The lowest BCUT2D eigenvalue weighted by Gasteiger charge is -2.13. The summed E-state index contributed by atoms with van der Waals surface area (Å²) in [5, 5.41) is 25.4. The molecule has 0 aliphatic heterocycles. The molecule has 0 amide bonds. The van der Waals surface area contributed by atoms with E-state index >= 15 is 0 Å². The quantitative estimate of drug-likeness (QED) is 0.638. The summed E-state index contributed by atoms with van der Waals surface area (Å²) in [4.78, 5) is 0. The molecule has 0 unspecified atom stereocenters. The molecule has 92 valence electrons. The van der Waals surface area contributed by atoms with Gasteiger partial charge in [-0.3, -0.25) is 4.68 Å². The molecule has 0 aliphatic carbocycles. The number of hydrogen-bond acceptors (Lipinski definition) is 4. The van der Waals surface area contributed by atoms with Crippen molar-refractivity contribution in [3.63, 3.8) is 0 Å². The summed E-state index contributed by atoms with van der Waals surface area (Å²) in [5.41, 5.74) is 3.29. The maximum Gasteiger partial charge on any atom is 0.0641 e. The summed E-state index contributed by atoms with van der Waals surface area (Å²) >= 11 is 0. The number of rotatable bonds is 6. The Hall–Kier alpha value is -0.910. The zero-order chi connectivity index (χ0) is 12.1. The second-order valence-electron chi connectivity index (χ2n) is 3.91. The van der Waals surface area contributed by atoms with Crippen LogP contribution in [0.1, 0.15) is 23.9 Å². The lowest BCUT2D eigenvalue weighted by atomic mass is 10.2. The van der Waals surface area contributed by atoms with Crippen LogP contribution in [0.2, 0.25) is 0 Å². The van der Waals surface area contributed by atoms with E-state index in [1.807, 2.05) is 18.5 Å². The van der Waals surface area contributed by atoms with Crippen LogP contribution in [0.4, 0.5) is 0 Å². The minimum atomic E-state index is -0.260. The predicted molar refractivity (Wildman–Crippen MR) is 62.2 cm³/mol. The second-order valence-corrected chi connectivity index (χ2v) is 3.91. The predicted octanol–water partition coefficient (Wildman–Crippen LogP) is -0.0374. The van der Waals surface area contributed by atoms with Crippen molar-refractivity contribution in [2.45, 2.75) is 39.9 Å². The first-order valence-electron chi connectivity index (χ1n) is 5.62. The number of hydrogen-bond donors (Lipinski definition) is 3. The Morgan fingerprint density at radius 1 is 1.31 bits per heavy atom. The highest BCUT2D eigenvalue weighted by Gasteiger charge is 2.12. The maximum atomic E-state index is 8.95. The number of nitrogens with zero attached hydrogens (tertiary/aromatic N) is 2. The van der Waals surface area contributed by atoms with Gasteiger partial charge in [0.05, 0.1) is 24.9 Å². The van der Waals surface area contributed by atoms with Crippen LogP contribution in [0, 0.1) is 13.8 Å². The minimum Gasteiger partial charge on any atom is -0.395 e. The Morgan fingerprint density at radius 2 is 1.94 bits per heavy atom. The molecular formula is C11H21N3O2. The van der Waals surface area contributed by atoms with Gasteiger partial charge >= 0.3 is 0 Å². The molecular weight excluding hydrogens is 206 g/mol. The molecule has 5 heteroatoms. The highest BCUT2D eigenvalue weighted by atomic mass is 16.3. The molecule has 0 saturated carbocycles. The summed E-state index contributed by atoms with van der Waals surface area (Å²) in [7, 11) is 0. The molecule has 16 heavy (non-hydrogen) atoms. The first kappa shape index (κ1) is 13.2. The molecule has 3 N–H and O–H groups in total. The number of nitrogens with one attached hydrogen (secondary N) is 1. The summed E-state index contributed by atoms with van der Waals surface area (Å²) in [6.07, 6.45) is 0. The average molecular weight is 227 g/mol. The molecule has 0 saturated heterocycles. The Labute approximate surface area is 96.1 Å². The summed E-state index contributed by atoms with van der Waals surface area (Å²) in [5.74, 6) is 0. The first-order chi connectivity index (χ1) is 7.63. The van der Waals surface area contributed by atoms with E-state index in [2.05, 4.69) is 17.3 Å².